The number of rotatable bonds is 2. The lowest BCUT2D eigenvalue weighted by molar-refractivity contribution is 0.0654. The van der Waals surface area contributed by atoms with Crippen molar-refractivity contribution in [3.8, 4) is 0 Å². The van der Waals surface area contributed by atoms with E-state index in [4.69, 9.17) is 10.5 Å². The molecule has 0 radical (unpaired) electrons. The van der Waals surface area contributed by atoms with Crippen LogP contribution in [0.15, 0.2) is 6.20 Å². The molecule has 0 saturated heterocycles. The van der Waals surface area contributed by atoms with Gasteiger partial charge in [0.15, 0.2) is 0 Å². The van der Waals surface area contributed by atoms with Gasteiger partial charge < -0.3 is 10.5 Å². The summed E-state index contributed by atoms with van der Waals surface area (Å²) in [5.74, 6) is 1.06. The van der Waals surface area contributed by atoms with Crippen LogP contribution in [0.4, 0.5) is 5.82 Å². The van der Waals surface area contributed by atoms with Crippen LogP contribution in [0.1, 0.15) is 43.0 Å². The van der Waals surface area contributed by atoms with E-state index in [1.807, 2.05) is 13.1 Å². The molecule has 1 heterocycles. The molecule has 1 aromatic rings. The number of nitrogens with zero attached hydrogens (tertiary/aromatic N) is 2. The van der Waals surface area contributed by atoms with Crippen LogP contribution in [-0.4, -0.2) is 23.2 Å². The maximum Gasteiger partial charge on any atom is 0.144 e. The Morgan fingerprint density at radius 2 is 2.00 bits per heavy atom. The highest BCUT2D eigenvalue weighted by Crippen LogP contribution is 2.32. The molecule has 0 amide bonds. The summed E-state index contributed by atoms with van der Waals surface area (Å²) >= 11 is 0. The quantitative estimate of drug-likeness (QED) is 0.830. The topological polar surface area (TPSA) is 61.0 Å². The molecule has 2 rings (SSSR count). The van der Waals surface area contributed by atoms with E-state index in [-0.39, 0.29) is 0 Å². The summed E-state index contributed by atoms with van der Waals surface area (Å²) in [5, 5.41) is 0. The van der Waals surface area contributed by atoms with Crippen LogP contribution in [-0.2, 0) is 4.74 Å². The van der Waals surface area contributed by atoms with Crippen molar-refractivity contribution in [2.45, 2.75) is 44.6 Å². The van der Waals surface area contributed by atoms with Crippen molar-refractivity contribution in [3.05, 3.63) is 17.6 Å². The number of nitrogens with two attached hydrogens (primary N) is 1. The van der Waals surface area contributed by atoms with E-state index in [9.17, 15) is 0 Å². The van der Waals surface area contributed by atoms with Gasteiger partial charge in [-0.1, -0.05) is 0 Å². The van der Waals surface area contributed by atoms with Gasteiger partial charge in [-0.25, -0.2) is 4.98 Å². The molecule has 0 aliphatic heterocycles. The van der Waals surface area contributed by atoms with E-state index in [1.54, 1.807) is 7.11 Å². The predicted octanol–water partition coefficient (Wildman–Crippen LogP) is 2.04. The molecule has 1 aromatic heterocycles. The maximum atomic E-state index is 5.67. The number of hydrogen-bond acceptors (Lipinski definition) is 4. The zero-order valence-electron chi connectivity index (χ0n) is 9.94. The first-order valence-corrected chi connectivity index (χ1v) is 5.82. The second kappa shape index (κ2) is 4.78. The number of aryl methyl sites for hydroxylation is 1. The van der Waals surface area contributed by atoms with Crippen molar-refractivity contribution >= 4 is 5.82 Å². The summed E-state index contributed by atoms with van der Waals surface area (Å²) in [6, 6.07) is 0. The van der Waals surface area contributed by atoms with Crippen molar-refractivity contribution in [2.75, 3.05) is 12.8 Å². The summed E-state index contributed by atoms with van der Waals surface area (Å²) in [4.78, 5) is 8.70. The van der Waals surface area contributed by atoms with Gasteiger partial charge in [-0.3, -0.25) is 4.98 Å². The molecule has 2 N–H and O–H groups in total. The van der Waals surface area contributed by atoms with E-state index in [0.717, 1.165) is 37.1 Å². The zero-order valence-corrected chi connectivity index (χ0v) is 9.94. The minimum absolute atomic E-state index is 0.430. The summed E-state index contributed by atoms with van der Waals surface area (Å²) in [7, 11) is 1.79. The highest BCUT2D eigenvalue weighted by Gasteiger charge is 2.23. The number of methoxy groups -OCH3 is 1. The first-order valence-electron chi connectivity index (χ1n) is 5.82. The molecule has 1 aliphatic rings. The normalized spacial score (nSPS) is 25.6. The third kappa shape index (κ3) is 2.32. The minimum atomic E-state index is 0.430. The fourth-order valence-electron chi connectivity index (χ4n) is 2.30. The van der Waals surface area contributed by atoms with Crippen LogP contribution in [0, 0.1) is 6.92 Å². The van der Waals surface area contributed by atoms with E-state index >= 15 is 0 Å². The Bertz CT molecular complexity index is 359. The third-order valence-corrected chi connectivity index (χ3v) is 3.43. The van der Waals surface area contributed by atoms with Gasteiger partial charge in [0.1, 0.15) is 5.82 Å². The molecule has 0 aromatic carbocycles. The number of aromatic nitrogens is 2. The average Bonchev–Trinajstić information content (AvgIpc) is 2.33. The predicted molar refractivity (Wildman–Crippen MR) is 63.2 cm³/mol. The van der Waals surface area contributed by atoms with E-state index in [1.165, 1.54) is 0 Å². The molecule has 0 atom stereocenters. The zero-order chi connectivity index (χ0) is 11.5. The van der Waals surface area contributed by atoms with Crippen LogP contribution >= 0.6 is 0 Å². The number of hydrogen-bond donors (Lipinski definition) is 1. The molecule has 0 unspecified atom stereocenters. The standard InChI is InChI=1S/C12H19N3O/c1-8-12(13)14-7-11(15-8)9-3-5-10(16-2)6-4-9/h7,9-10H,3-6H2,1-2H3,(H2,13,14). The summed E-state index contributed by atoms with van der Waals surface area (Å²) in [6.07, 6.45) is 6.75. The summed E-state index contributed by atoms with van der Waals surface area (Å²) in [5.41, 5.74) is 7.59. The lowest BCUT2D eigenvalue weighted by Crippen LogP contribution is -2.20. The average molecular weight is 221 g/mol. The second-order valence-corrected chi connectivity index (χ2v) is 4.47. The van der Waals surface area contributed by atoms with Crippen molar-refractivity contribution in [1.29, 1.82) is 0 Å². The monoisotopic (exact) mass is 221 g/mol. The number of ether oxygens (including phenoxy) is 1. The first kappa shape index (κ1) is 11.3. The highest BCUT2D eigenvalue weighted by molar-refractivity contribution is 5.33. The smallest absolute Gasteiger partial charge is 0.144 e. The molecule has 4 nitrogen and oxygen atoms in total. The van der Waals surface area contributed by atoms with Crippen molar-refractivity contribution < 1.29 is 4.74 Å². The van der Waals surface area contributed by atoms with E-state index in [0.29, 0.717) is 17.8 Å². The third-order valence-electron chi connectivity index (χ3n) is 3.43. The fraction of sp³-hybridized carbons (Fsp3) is 0.667. The molecule has 1 aliphatic carbocycles. The Kier molecular flexibility index (Phi) is 3.39. The lowest BCUT2D eigenvalue weighted by Gasteiger charge is -2.27. The molecule has 4 heteroatoms. The Hall–Kier alpha value is -1.16. The van der Waals surface area contributed by atoms with Crippen molar-refractivity contribution in [3.63, 3.8) is 0 Å². The molecule has 88 valence electrons. The number of nitrogen functional groups attached to an aromatic ring is 1. The Morgan fingerprint density at radius 1 is 1.31 bits per heavy atom. The van der Waals surface area contributed by atoms with Gasteiger partial charge in [0.05, 0.1) is 23.7 Å². The van der Waals surface area contributed by atoms with Gasteiger partial charge >= 0.3 is 0 Å². The molecule has 16 heavy (non-hydrogen) atoms. The highest BCUT2D eigenvalue weighted by atomic mass is 16.5. The largest absolute Gasteiger partial charge is 0.382 e. The van der Waals surface area contributed by atoms with Gasteiger partial charge in [0, 0.05) is 13.0 Å². The van der Waals surface area contributed by atoms with Crippen molar-refractivity contribution in [1.82, 2.24) is 9.97 Å². The van der Waals surface area contributed by atoms with E-state index < -0.39 is 0 Å². The van der Waals surface area contributed by atoms with Crippen LogP contribution in [0.2, 0.25) is 0 Å². The lowest BCUT2D eigenvalue weighted by atomic mass is 9.85. The number of anilines is 1. The molecular formula is C12H19N3O. The Labute approximate surface area is 96.2 Å². The molecular weight excluding hydrogens is 202 g/mol. The van der Waals surface area contributed by atoms with Crippen molar-refractivity contribution in [2.24, 2.45) is 0 Å². The van der Waals surface area contributed by atoms with Gasteiger partial charge in [-0.2, -0.15) is 0 Å². The van der Waals surface area contributed by atoms with Gasteiger partial charge in [0.25, 0.3) is 0 Å². The van der Waals surface area contributed by atoms with Gasteiger partial charge in [0.2, 0.25) is 0 Å². The Balaban J connectivity index is 2.05. The van der Waals surface area contributed by atoms with Crippen LogP contribution in [0.3, 0.4) is 0 Å². The summed E-state index contributed by atoms with van der Waals surface area (Å²) in [6.45, 7) is 1.91. The molecule has 0 spiro atoms. The maximum absolute atomic E-state index is 5.67. The summed E-state index contributed by atoms with van der Waals surface area (Å²) < 4.78 is 5.36. The first-order chi connectivity index (χ1) is 7.70. The van der Waals surface area contributed by atoms with Gasteiger partial charge in [-0.05, 0) is 32.6 Å². The Morgan fingerprint density at radius 3 is 2.56 bits per heavy atom. The van der Waals surface area contributed by atoms with Gasteiger partial charge in [-0.15, -0.1) is 0 Å². The SMILES string of the molecule is COC1CCC(c2cnc(N)c(C)n2)CC1. The van der Waals surface area contributed by atoms with Crippen LogP contribution in [0.25, 0.3) is 0 Å². The van der Waals surface area contributed by atoms with E-state index in [2.05, 4.69) is 9.97 Å². The molecule has 0 bridgehead atoms. The van der Waals surface area contributed by atoms with Crippen LogP contribution < -0.4 is 5.73 Å². The fourth-order valence-corrected chi connectivity index (χ4v) is 2.30. The molecule has 1 saturated carbocycles. The minimum Gasteiger partial charge on any atom is -0.382 e. The second-order valence-electron chi connectivity index (χ2n) is 4.47. The molecule has 1 fully saturated rings. The van der Waals surface area contributed by atoms with Crippen LogP contribution in [0.5, 0.6) is 0 Å².